The summed E-state index contributed by atoms with van der Waals surface area (Å²) in [6, 6.07) is 6.88. The SMILES string of the molecule is Cc1occc1-c1nnc(SCC(=O)c2ccc3c(c2)OCO3)o1. The number of thioether (sulfide) groups is 1. The number of furan rings is 1. The normalized spacial score (nSPS) is 12.5. The van der Waals surface area contributed by atoms with Crippen molar-refractivity contribution in [1.82, 2.24) is 10.2 Å². The molecule has 3 aromatic rings. The summed E-state index contributed by atoms with van der Waals surface area (Å²) >= 11 is 1.19. The minimum Gasteiger partial charge on any atom is -0.469 e. The second-order valence-electron chi connectivity index (χ2n) is 5.04. The zero-order valence-corrected chi connectivity index (χ0v) is 13.5. The summed E-state index contributed by atoms with van der Waals surface area (Å²) in [4.78, 5) is 12.3. The Labute approximate surface area is 141 Å². The molecule has 0 bridgehead atoms. The van der Waals surface area contributed by atoms with Gasteiger partial charge in [0.1, 0.15) is 5.76 Å². The lowest BCUT2D eigenvalue weighted by Gasteiger charge is -2.01. The number of benzene rings is 1. The Hall–Kier alpha value is -2.74. The summed E-state index contributed by atoms with van der Waals surface area (Å²) in [6.45, 7) is 2.00. The highest BCUT2D eigenvalue weighted by Crippen LogP contribution is 2.33. The van der Waals surface area contributed by atoms with Crippen LogP contribution in [0.25, 0.3) is 11.5 Å². The summed E-state index contributed by atoms with van der Waals surface area (Å²) in [5, 5.41) is 8.25. The Kier molecular flexibility index (Phi) is 3.73. The van der Waals surface area contributed by atoms with Gasteiger partial charge in [0.05, 0.1) is 17.6 Å². The zero-order valence-electron chi connectivity index (χ0n) is 12.6. The third-order valence-corrected chi connectivity index (χ3v) is 4.34. The lowest BCUT2D eigenvalue weighted by Crippen LogP contribution is -2.02. The standard InChI is InChI=1S/C16H12N2O5S/c1-9-11(4-5-20-9)15-17-18-16(23-15)24-7-12(19)10-2-3-13-14(6-10)22-8-21-13/h2-6H,7-8H2,1H3. The van der Waals surface area contributed by atoms with Crippen molar-refractivity contribution < 1.29 is 23.1 Å². The van der Waals surface area contributed by atoms with Crippen LogP contribution in [0.2, 0.25) is 0 Å². The maximum atomic E-state index is 12.3. The number of ether oxygens (including phenoxy) is 2. The molecule has 0 fully saturated rings. The van der Waals surface area contributed by atoms with Crippen molar-refractivity contribution in [1.29, 1.82) is 0 Å². The average molecular weight is 344 g/mol. The Morgan fingerprint density at radius 2 is 2.08 bits per heavy atom. The first-order valence-electron chi connectivity index (χ1n) is 7.14. The lowest BCUT2D eigenvalue weighted by molar-refractivity contribution is 0.102. The number of carbonyl (C=O) groups is 1. The van der Waals surface area contributed by atoms with E-state index in [1.807, 2.05) is 6.92 Å². The van der Waals surface area contributed by atoms with Crippen LogP contribution in [0.15, 0.2) is 44.6 Å². The largest absolute Gasteiger partial charge is 0.469 e. The number of carbonyl (C=O) groups excluding carboxylic acids is 1. The van der Waals surface area contributed by atoms with Crippen molar-refractivity contribution in [2.45, 2.75) is 12.1 Å². The Bertz CT molecular complexity index is 902. The van der Waals surface area contributed by atoms with Crippen molar-refractivity contribution in [2.24, 2.45) is 0 Å². The fraction of sp³-hybridized carbons (Fsp3) is 0.188. The first kappa shape index (κ1) is 14.8. The highest BCUT2D eigenvalue weighted by molar-refractivity contribution is 7.99. The highest BCUT2D eigenvalue weighted by atomic mass is 32.2. The van der Waals surface area contributed by atoms with Crippen molar-refractivity contribution in [3.63, 3.8) is 0 Å². The van der Waals surface area contributed by atoms with Crippen LogP contribution in [0, 0.1) is 6.92 Å². The first-order chi connectivity index (χ1) is 11.7. The molecule has 0 saturated carbocycles. The molecule has 1 aliphatic heterocycles. The van der Waals surface area contributed by atoms with E-state index in [9.17, 15) is 4.79 Å². The summed E-state index contributed by atoms with van der Waals surface area (Å²) in [6.07, 6.45) is 1.56. The van der Waals surface area contributed by atoms with Crippen LogP contribution in [-0.2, 0) is 0 Å². The molecule has 0 atom stereocenters. The van der Waals surface area contributed by atoms with Crippen LogP contribution in [0.4, 0.5) is 0 Å². The van der Waals surface area contributed by atoms with E-state index in [1.165, 1.54) is 11.8 Å². The molecule has 122 valence electrons. The van der Waals surface area contributed by atoms with E-state index in [4.69, 9.17) is 18.3 Å². The van der Waals surface area contributed by atoms with Crippen LogP contribution in [0.1, 0.15) is 16.1 Å². The number of aromatic nitrogens is 2. The quantitative estimate of drug-likeness (QED) is 0.514. The fourth-order valence-electron chi connectivity index (χ4n) is 2.26. The van der Waals surface area contributed by atoms with E-state index >= 15 is 0 Å². The molecule has 0 radical (unpaired) electrons. The predicted molar refractivity (Wildman–Crippen MR) is 84.4 cm³/mol. The molecule has 0 N–H and O–H groups in total. The van der Waals surface area contributed by atoms with Crippen LogP contribution in [-0.4, -0.2) is 28.5 Å². The van der Waals surface area contributed by atoms with Gasteiger partial charge in [-0.25, -0.2) is 0 Å². The van der Waals surface area contributed by atoms with Crippen molar-refractivity contribution >= 4 is 17.5 Å². The number of Topliss-reactive ketones (excluding diaryl/α,β-unsaturated/α-hetero) is 1. The topological polar surface area (TPSA) is 87.6 Å². The van der Waals surface area contributed by atoms with Gasteiger partial charge in [-0.15, -0.1) is 10.2 Å². The molecular weight excluding hydrogens is 332 g/mol. The van der Waals surface area contributed by atoms with Gasteiger partial charge >= 0.3 is 0 Å². The van der Waals surface area contributed by atoms with Crippen LogP contribution in [0.3, 0.4) is 0 Å². The number of fused-ring (bicyclic) bond motifs is 1. The molecule has 0 saturated heterocycles. The van der Waals surface area contributed by atoms with E-state index < -0.39 is 0 Å². The van der Waals surface area contributed by atoms with E-state index in [-0.39, 0.29) is 18.3 Å². The number of hydrogen-bond acceptors (Lipinski definition) is 8. The number of hydrogen-bond donors (Lipinski definition) is 0. The molecule has 24 heavy (non-hydrogen) atoms. The van der Waals surface area contributed by atoms with Crippen LogP contribution in [0.5, 0.6) is 11.5 Å². The van der Waals surface area contributed by atoms with E-state index in [0.717, 1.165) is 5.56 Å². The summed E-state index contributed by atoms with van der Waals surface area (Å²) in [7, 11) is 0. The molecule has 0 amide bonds. The molecule has 4 rings (SSSR count). The molecule has 7 nitrogen and oxygen atoms in total. The number of ketones is 1. The van der Waals surface area contributed by atoms with E-state index in [0.29, 0.717) is 33.9 Å². The molecule has 2 aromatic heterocycles. The molecule has 1 aliphatic rings. The summed E-state index contributed by atoms with van der Waals surface area (Å²) in [5.41, 5.74) is 1.30. The number of nitrogens with zero attached hydrogens (tertiary/aromatic N) is 2. The number of rotatable bonds is 5. The van der Waals surface area contributed by atoms with Gasteiger partial charge in [0.25, 0.3) is 11.1 Å². The predicted octanol–water partition coefficient (Wildman–Crippen LogP) is 3.34. The molecule has 0 spiro atoms. The van der Waals surface area contributed by atoms with Gasteiger partial charge in [-0.1, -0.05) is 11.8 Å². The van der Waals surface area contributed by atoms with Gasteiger partial charge < -0.3 is 18.3 Å². The van der Waals surface area contributed by atoms with Crippen molar-refractivity contribution in [3.8, 4) is 23.0 Å². The molecule has 8 heteroatoms. The van der Waals surface area contributed by atoms with Gasteiger partial charge in [0.15, 0.2) is 17.3 Å². The third-order valence-electron chi connectivity index (χ3n) is 3.52. The molecule has 0 aliphatic carbocycles. The molecular formula is C16H12N2O5S. The molecule has 0 unspecified atom stereocenters. The smallest absolute Gasteiger partial charge is 0.277 e. The van der Waals surface area contributed by atoms with Crippen LogP contribution < -0.4 is 9.47 Å². The molecule has 3 heterocycles. The van der Waals surface area contributed by atoms with E-state index in [2.05, 4.69) is 10.2 Å². The number of aryl methyl sites for hydroxylation is 1. The summed E-state index contributed by atoms with van der Waals surface area (Å²) in [5.74, 6) is 2.44. The van der Waals surface area contributed by atoms with Crippen molar-refractivity contribution in [3.05, 3.63) is 41.9 Å². The maximum absolute atomic E-state index is 12.3. The second kappa shape index (κ2) is 6.04. The second-order valence-corrected chi connectivity index (χ2v) is 5.97. The van der Waals surface area contributed by atoms with E-state index in [1.54, 1.807) is 30.5 Å². The third kappa shape index (κ3) is 2.76. The van der Waals surface area contributed by atoms with Crippen LogP contribution >= 0.6 is 11.8 Å². The monoisotopic (exact) mass is 344 g/mol. The lowest BCUT2D eigenvalue weighted by atomic mass is 10.1. The van der Waals surface area contributed by atoms with Crippen molar-refractivity contribution in [2.75, 3.05) is 12.5 Å². The minimum atomic E-state index is -0.0578. The van der Waals surface area contributed by atoms with Gasteiger partial charge in [-0.05, 0) is 31.2 Å². The maximum Gasteiger partial charge on any atom is 0.277 e. The zero-order chi connectivity index (χ0) is 16.5. The first-order valence-corrected chi connectivity index (χ1v) is 8.13. The molecule has 1 aromatic carbocycles. The summed E-state index contributed by atoms with van der Waals surface area (Å²) < 4.78 is 21.3. The minimum absolute atomic E-state index is 0.0578. The van der Waals surface area contributed by atoms with Gasteiger partial charge in [-0.3, -0.25) is 4.79 Å². The Morgan fingerprint density at radius 1 is 1.21 bits per heavy atom. The fourth-order valence-corrected chi connectivity index (χ4v) is 2.92. The Balaban J connectivity index is 1.43. The average Bonchev–Trinajstić information content (AvgIpc) is 3.31. The highest BCUT2D eigenvalue weighted by Gasteiger charge is 2.18. The van der Waals surface area contributed by atoms with Gasteiger partial charge in [0, 0.05) is 5.56 Å². The Morgan fingerprint density at radius 3 is 2.92 bits per heavy atom. The van der Waals surface area contributed by atoms with Gasteiger partial charge in [-0.2, -0.15) is 0 Å². The van der Waals surface area contributed by atoms with Gasteiger partial charge in [0.2, 0.25) is 6.79 Å².